The normalized spacial score (nSPS) is 16.2. The predicted octanol–water partition coefficient (Wildman–Crippen LogP) is 2.15. The molecular formula is C14H16N4O3S. The van der Waals surface area contributed by atoms with Crippen molar-refractivity contribution in [1.82, 2.24) is 15.1 Å². The fourth-order valence-electron chi connectivity index (χ4n) is 2.08. The van der Waals surface area contributed by atoms with Gasteiger partial charge in [-0.25, -0.2) is 4.79 Å². The van der Waals surface area contributed by atoms with Crippen molar-refractivity contribution < 1.29 is 14.3 Å². The first-order valence-electron chi connectivity index (χ1n) is 6.82. The largest absolute Gasteiger partial charge is 0.486 e. The van der Waals surface area contributed by atoms with Gasteiger partial charge in [0.25, 0.3) is 0 Å². The first kappa shape index (κ1) is 14.6. The maximum atomic E-state index is 12.1. The van der Waals surface area contributed by atoms with E-state index in [-0.39, 0.29) is 12.1 Å². The number of carbonyl (C=O) groups is 1. The van der Waals surface area contributed by atoms with Gasteiger partial charge in [-0.05, 0) is 19.1 Å². The molecule has 7 nitrogen and oxygen atoms in total. The minimum Gasteiger partial charge on any atom is -0.486 e. The van der Waals surface area contributed by atoms with Gasteiger partial charge in [-0.1, -0.05) is 23.5 Å². The van der Waals surface area contributed by atoms with E-state index in [2.05, 4.69) is 15.5 Å². The summed E-state index contributed by atoms with van der Waals surface area (Å²) in [5.74, 6) is 1.43. The van der Waals surface area contributed by atoms with Crippen molar-refractivity contribution >= 4 is 22.5 Å². The van der Waals surface area contributed by atoms with Crippen LogP contribution < -0.4 is 14.8 Å². The second-order valence-corrected chi connectivity index (χ2v) is 6.12. The molecule has 0 aliphatic carbocycles. The quantitative estimate of drug-likeness (QED) is 0.938. The van der Waals surface area contributed by atoms with Gasteiger partial charge in [0.2, 0.25) is 5.13 Å². The van der Waals surface area contributed by atoms with E-state index < -0.39 is 0 Å². The van der Waals surface area contributed by atoms with Crippen molar-refractivity contribution in [2.24, 2.45) is 0 Å². The molecule has 2 heterocycles. The molecule has 22 heavy (non-hydrogen) atoms. The van der Waals surface area contributed by atoms with Crippen LogP contribution in [0.3, 0.4) is 0 Å². The maximum Gasteiger partial charge on any atom is 0.323 e. The number of carbonyl (C=O) groups excluding carboxylic acids is 1. The highest BCUT2D eigenvalue weighted by Gasteiger charge is 2.24. The van der Waals surface area contributed by atoms with Crippen LogP contribution in [0.5, 0.6) is 11.5 Å². The number of nitrogens with zero attached hydrogens (tertiary/aromatic N) is 3. The molecule has 116 valence electrons. The van der Waals surface area contributed by atoms with Crippen LogP contribution in [-0.2, 0) is 0 Å². The summed E-state index contributed by atoms with van der Waals surface area (Å²) >= 11 is 1.33. The maximum absolute atomic E-state index is 12.1. The lowest BCUT2D eigenvalue weighted by atomic mass is 10.2. The van der Waals surface area contributed by atoms with E-state index in [1.165, 1.54) is 11.3 Å². The molecule has 1 N–H and O–H groups in total. The molecule has 0 fully saturated rings. The SMILES string of the molecule is Cc1nnc(NC(=O)N(C)C[C@@H]2COc3ccccc3O2)s1. The molecule has 2 amide bonds. The number of rotatable bonds is 3. The molecule has 1 aliphatic rings. The zero-order valence-corrected chi connectivity index (χ0v) is 13.1. The van der Waals surface area contributed by atoms with Crippen molar-refractivity contribution in [3.05, 3.63) is 29.3 Å². The van der Waals surface area contributed by atoms with Gasteiger partial charge in [0.05, 0.1) is 6.54 Å². The zero-order valence-electron chi connectivity index (χ0n) is 12.3. The standard InChI is InChI=1S/C14H16N4O3S/c1-9-16-17-13(22-9)15-14(19)18(2)7-10-8-20-11-5-3-4-6-12(11)21-10/h3-6,10H,7-8H2,1-2H3,(H,15,17,19)/t10-/m1/s1. The summed E-state index contributed by atoms with van der Waals surface area (Å²) in [5.41, 5.74) is 0. The molecule has 0 unspecified atom stereocenters. The molecule has 3 rings (SSSR count). The lowest BCUT2D eigenvalue weighted by Crippen LogP contribution is -2.43. The van der Waals surface area contributed by atoms with Gasteiger partial charge in [-0.2, -0.15) is 0 Å². The fraction of sp³-hybridized carbons (Fsp3) is 0.357. The van der Waals surface area contributed by atoms with Crippen LogP contribution in [0.15, 0.2) is 24.3 Å². The van der Waals surface area contributed by atoms with Crippen LogP contribution in [0.2, 0.25) is 0 Å². The minimum absolute atomic E-state index is 0.207. The molecule has 0 saturated carbocycles. The fourth-order valence-corrected chi connectivity index (χ4v) is 2.66. The van der Waals surface area contributed by atoms with E-state index in [0.717, 1.165) is 10.8 Å². The van der Waals surface area contributed by atoms with Crippen LogP contribution >= 0.6 is 11.3 Å². The number of aromatic nitrogens is 2. The average molecular weight is 320 g/mol. The number of urea groups is 1. The molecule has 0 saturated heterocycles. The summed E-state index contributed by atoms with van der Waals surface area (Å²) < 4.78 is 11.5. The summed E-state index contributed by atoms with van der Waals surface area (Å²) in [6, 6.07) is 7.25. The molecule has 2 aromatic rings. The Hall–Kier alpha value is -2.35. The number of anilines is 1. The second-order valence-electron chi connectivity index (χ2n) is 4.93. The number of fused-ring (bicyclic) bond motifs is 1. The number of nitrogens with one attached hydrogen (secondary N) is 1. The van der Waals surface area contributed by atoms with Gasteiger partial charge < -0.3 is 14.4 Å². The number of aryl methyl sites for hydroxylation is 1. The first-order chi connectivity index (χ1) is 10.6. The van der Waals surface area contributed by atoms with Crippen LogP contribution in [-0.4, -0.2) is 47.4 Å². The molecule has 0 radical (unpaired) electrons. The molecule has 0 bridgehead atoms. The Labute approximate surface area is 131 Å². The van der Waals surface area contributed by atoms with E-state index >= 15 is 0 Å². The topological polar surface area (TPSA) is 76.6 Å². The van der Waals surface area contributed by atoms with Gasteiger partial charge in [0.1, 0.15) is 11.6 Å². The van der Waals surface area contributed by atoms with E-state index in [0.29, 0.717) is 24.0 Å². The van der Waals surface area contributed by atoms with E-state index in [9.17, 15) is 4.79 Å². The molecule has 1 aromatic carbocycles. The Morgan fingerprint density at radius 1 is 1.41 bits per heavy atom. The summed E-state index contributed by atoms with van der Waals surface area (Å²) in [4.78, 5) is 13.6. The van der Waals surface area contributed by atoms with Crippen molar-refractivity contribution in [3.8, 4) is 11.5 Å². The Morgan fingerprint density at radius 3 is 2.91 bits per heavy atom. The van der Waals surface area contributed by atoms with Crippen LogP contribution in [0.1, 0.15) is 5.01 Å². The number of hydrogen-bond acceptors (Lipinski definition) is 6. The van der Waals surface area contributed by atoms with Crippen LogP contribution in [0, 0.1) is 6.92 Å². The second kappa shape index (κ2) is 6.18. The number of likely N-dealkylation sites (N-methyl/N-ethyl adjacent to an activating group) is 1. The summed E-state index contributed by atoms with van der Waals surface area (Å²) in [7, 11) is 1.70. The Morgan fingerprint density at radius 2 is 2.18 bits per heavy atom. The Balaban J connectivity index is 1.56. The summed E-state index contributed by atoms with van der Waals surface area (Å²) in [6.45, 7) is 2.66. The number of hydrogen-bond donors (Lipinski definition) is 1. The Bertz CT molecular complexity index is 676. The highest BCUT2D eigenvalue weighted by molar-refractivity contribution is 7.15. The van der Waals surface area contributed by atoms with Crippen molar-refractivity contribution in [2.75, 3.05) is 25.5 Å². The van der Waals surface area contributed by atoms with Crippen LogP contribution in [0.25, 0.3) is 0 Å². The number of amides is 2. The third-order valence-electron chi connectivity index (χ3n) is 3.13. The highest BCUT2D eigenvalue weighted by Crippen LogP contribution is 2.30. The van der Waals surface area contributed by atoms with E-state index in [1.54, 1.807) is 11.9 Å². The number of benzene rings is 1. The third-order valence-corrected chi connectivity index (χ3v) is 3.89. The van der Waals surface area contributed by atoms with E-state index in [1.807, 2.05) is 31.2 Å². The molecule has 8 heteroatoms. The van der Waals surface area contributed by atoms with Gasteiger partial charge in [0, 0.05) is 7.05 Å². The van der Waals surface area contributed by atoms with Crippen molar-refractivity contribution in [1.29, 1.82) is 0 Å². The van der Waals surface area contributed by atoms with Crippen molar-refractivity contribution in [2.45, 2.75) is 13.0 Å². The number of para-hydroxylation sites is 2. The third kappa shape index (κ3) is 3.28. The number of ether oxygens (including phenoxy) is 2. The highest BCUT2D eigenvalue weighted by atomic mass is 32.1. The average Bonchev–Trinajstić information content (AvgIpc) is 2.92. The molecule has 0 spiro atoms. The molecular weight excluding hydrogens is 304 g/mol. The van der Waals surface area contributed by atoms with Gasteiger partial charge in [0.15, 0.2) is 17.6 Å². The smallest absolute Gasteiger partial charge is 0.323 e. The van der Waals surface area contributed by atoms with Gasteiger partial charge in [-0.3, -0.25) is 5.32 Å². The summed E-state index contributed by atoms with van der Waals surface area (Å²) in [6.07, 6.45) is -0.207. The lowest BCUT2D eigenvalue weighted by Gasteiger charge is -2.29. The van der Waals surface area contributed by atoms with Crippen molar-refractivity contribution in [3.63, 3.8) is 0 Å². The van der Waals surface area contributed by atoms with E-state index in [4.69, 9.17) is 9.47 Å². The Kier molecular flexibility index (Phi) is 4.10. The van der Waals surface area contributed by atoms with Gasteiger partial charge >= 0.3 is 6.03 Å². The molecule has 1 aromatic heterocycles. The van der Waals surface area contributed by atoms with Crippen LogP contribution in [0.4, 0.5) is 9.93 Å². The minimum atomic E-state index is -0.251. The zero-order chi connectivity index (χ0) is 15.5. The molecule has 1 atom stereocenters. The predicted molar refractivity (Wildman–Crippen MR) is 82.6 cm³/mol. The molecule has 1 aliphatic heterocycles. The summed E-state index contributed by atoms with van der Waals surface area (Å²) in [5, 5.41) is 11.7. The van der Waals surface area contributed by atoms with Gasteiger partial charge in [-0.15, -0.1) is 10.2 Å². The monoisotopic (exact) mass is 320 g/mol. The first-order valence-corrected chi connectivity index (χ1v) is 7.64. The lowest BCUT2D eigenvalue weighted by molar-refractivity contribution is 0.0731.